The summed E-state index contributed by atoms with van der Waals surface area (Å²) in [5.74, 6) is -0.723. The lowest BCUT2D eigenvalue weighted by Gasteiger charge is -2.26. The van der Waals surface area contributed by atoms with Crippen LogP contribution in [0.5, 0.6) is 0 Å². The van der Waals surface area contributed by atoms with Crippen LogP contribution < -0.4 is 0 Å². The van der Waals surface area contributed by atoms with Gasteiger partial charge in [0.15, 0.2) is 0 Å². The summed E-state index contributed by atoms with van der Waals surface area (Å²) in [5.41, 5.74) is 2.52. The molecule has 0 aromatic carbocycles. The molecule has 1 N–H and O–H groups in total. The molecule has 0 atom stereocenters. The molecule has 5 heteroatoms. The van der Waals surface area contributed by atoms with Crippen LogP contribution in [-0.2, 0) is 17.8 Å². The zero-order valence-corrected chi connectivity index (χ0v) is 9.80. The third kappa shape index (κ3) is 2.20. The van der Waals surface area contributed by atoms with E-state index in [1.165, 1.54) is 18.5 Å². The van der Waals surface area contributed by atoms with Crippen LogP contribution in [-0.4, -0.2) is 38.6 Å². The summed E-state index contributed by atoms with van der Waals surface area (Å²) in [7, 11) is 0. The van der Waals surface area contributed by atoms with Crippen LogP contribution in [0.1, 0.15) is 36.7 Å². The van der Waals surface area contributed by atoms with Crippen molar-refractivity contribution < 1.29 is 9.90 Å². The van der Waals surface area contributed by atoms with E-state index >= 15 is 0 Å². The standard InChI is InChI=1S/C12H17N3O2/c16-12(17)4-6-14-5-3-11-10(7-14)13-8-15(11)9-1-2-9/h8-9H,1-7H2,(H,16,17). The van der Waals surface area contributed by atoms with Crippen molar-refractivity contribution in [2.45, 2.75) is 38.3 Å². The predicted octanol–water partition coefficient (Wildman–Crippen LogP) is 1.05. The molecule has 1 aromatic heterocycles. The van der Waals surface area contributed by atoms with Crippen LogP contribution in [0.3, 0.4) is 0 Å². The molecule has 0 amide bonds. The predicted molar refractivity (Wildman–Crippen MR) is 61.7 cm³/mol. The minimum Gasteiger partial charge on any atom is -0.481 e. The summed E-state index contributed by atoms with van der Waals surface area (Å²) >= 11 is 0. The van der Waals surface area contributed by atoms with Gasteiger partial charge in [0.1, 0.15) is 0 Å². The average Bonchev–Trinajstić information content (AvgIpc) is 3.07. The van der Waals surface area contributed by atoms with Gasteiger partial charge in [0.05, 0.1) is 18.4 Å². The van der Waals surface area contributed by atoms with Gasteiger partial charge in [-0.3, -0.25) is 9.69 Å². The summed E-state index contributed by atoms with van der Waals surface area (Å²) in [6.45, 7) is 2.39. The van der Waals surface area contributed by atoms with E-state index in [9.17, 15) is 4.79 Å². The number of imidazole rings is 1. The summed E-state index contributed by atoms with van der Waals surface area (Å²) in [6, 6.07) is 0.691. The molecule has 1 aliphatic heterocycles. The van der Waals surface area contributed by atoms with Crippen molar-refractivity contribution in [2.75, 3.05) is 13.1 Å². The normalized spacial score (nSPS) is 20.2. The summed E-state index contributed by atoms with van der Waals surface area (Å²) < 4.78 is 2.32. The SMILES string of the molecule is O=C(O)CCN1CCc2c(ncn2C2CC2)C1. The molecular weight excluding hydrogens is 218 g/mol. The molecule has 3 rings (SSSR count). The number of hydrogen-bond donors (Lipinski definition) is 1. The van der Waals surface area contributed by atoms with Crippen molar-refractivity contribution in [3.05, 3.63) is 17.7 Å². The van der Waals surface area contributed by atoms with Crippen molar-refractivity contribution in [3.63, 3.8) is 0 Å². The minimum absolute atomic E-state index is 0.221. The summed E-state index contributed by atoms with van der Waals surface area (Å²) in [5, 5.41) is 8.68. The van der Waals surface area contributed by atoms with Gasteiger partial charge >= 0.3 is 5.97 Å². The smallest absolute Gasteiger partial charge is 0.304 e. The Hall–Kier alpha value is -1.36. The van der Waals surface area contributed by atoms with Crippen molar-refractivity contribution in [1.29, 1.82) is 0 Å². The molecule has 1 aliphatic carbocycles. The van der Waals surface area contributed by atoms with E-state index < -0.39 is 5.97 Å². The highest BCUT2D eigenvalue weighted by Crippen LogP contribution is 2.37. The lowest BCUT2D eigenvalue weighted by atomic mass is 10.1. The fourth-order valence-electron chi connectivity index (χ4n) is 2.50. The molecule has 2 aliphatic rings. The number of aromatic nitrogens is 2. The zero-order valence-electron chi connectivity index (χ0n) is 9.80. The number of fused-ring (bicyclic) bond motifs is 1. The van der Waals surface area contributed by atoms with E-state index in [-0.39, 0.29) is 6.42 Å². The second-order valence-electron chi connectivity index (χ2n) is 4.95. The van der Waals surface area contributed by atoms with Crippen molar-refractivity contribution >= 4 is 5.97 Å². The van der Waals surface area contributed by atoms with E-state index in [1.807, 2.05) is 6.33 Å². The van der Waals surface area contributed by atoms with Crippen LogP contribution in [0.25, 0.3) is 0 Å². The molecule has 0 radical (unpaired) electrons. The summed E-state index contributed by atoms with van der Waals surface area (Å²) in [4.78, 5) is 17.2. The highest BCUT2D eigenvalue weighted by molar-refractivity contribution is 5.66. The Morgan fingerprint density at radius 3 is 3.06 bits per heavy atom. The number of carbonyl (C=O) groups is 1. The maximum absolute atomic E-state index is 10.5. The Balaban J connectivity index is 1.67. The third-order valence-electron chi connectivity index (χ3n) is 3.60. The Bertz CT molecular complexity index is 437. The van der Waals surface area contributed by atoms with Gasteiger partial charge in [-0.05, 0) is 12.8 Å². The van der Waals surface area contributed by atoms with Gasteiger partial charge in [-0.25, -0.2) is 4.98 Å². The van der Waals surface area contributed by atoms with Crippen LogP contribution in [0.15, 0.2) is 6.33 Å². The van der Waals surface area contributed by atoms with Gasteiger partial charge in [0, 0.05) is 37.8 Å². The first-order valence-corrected chi connectivity index (χ1v) is 6.23. The van der Waals surface area contributed by atoms with Gasteiger partial charge in [0.25, 0.3) is 0 Å². The molecule has 1 aromatic rings. The van der Waals surface area contributed by atoms with Gasteiger partial charge in [-0.15, -0.1) is 0 Å². The number of aliphatic carboxylic acids is 1. The van der Waals surface area contributed by atoms with Gasteiger partial charge in [-0.1, -0.05) is 0 Å². The number of hydrogen-bond acceptors (Lipinski definition) is 3. The molecule has 92 valence electrons. The highest BCUT2D eigenvalue weighted by Gasteiger charge is 2.29. The van der Waals surface area contributed by atoms with Gasteiger partial charge < -0.3 is 9.67 Å². The van der Waals surface area contributed by atoms with E-state index in [2.05, 4.69) is 14.5 Å². The fraction of sp³-hybridized carbons (Fsp3) is 0.667. The van der Waals surface area contributed by atoms with Crippen LogP contribution in [0.4, 0.5) is 0 Å². The van der Waals surface area contributed by atoms with Crippen molar-refractivity contribution in [3.8, 4) is 0 Å². The maximum atomic E-state index is 10.5. The maximum Gasteiger partial charge on any atom is 0.304 e. The number of carboxylic acid groups (broad SMARTS) is 1. The molecule has 2 heterocycles. The number of rotatable bonds is 4. The van der Waals surface area contributed by atoms with Crippen molar-refractivity contribution in [2.24, 2.45) is 0 Å². The monoisotopic (exact) mass is 235 g/mol. The fourth-order valence-corrected chi connectivity index (χ4v) is 2.50. The van der Waals surface area contributed by atoms with Crippen LogP contribution >= 0.6 is 0 Å². The molecule has 17 heavy (non-hydrogen) atoms. The molecule has 0 spiro atoms. The van der Waals surface area contributed by atoms with Crippen LogP contribution in [0.2, 0.25) is 0 Å². The Morgan fingerprint density at radius 2 is 2.35 bits per heavy atom. The largest absolute Gasteiger partial charge is 0.481 e. The molecule has 5 nitrogen and oxygen atoms in total. The number of nitrogens with zero attached hydrogens (tertiary/aromatic N) is 3. The third-order valence-corrected chi connectivity index (χ3v) is 3.60. The Kier molecular flexibility index (Phi) is 2.63. The quantitative estimate of drug-likeness (QED) is 0.847. The highest BCUT2D eigenvalue weighted by atomic mass is 16.4. The second-order valence-corrected chi connectivity index (χ2v) is 4.95. The second kappa shape index (κ2) is 4.14. The first kappa shape index (κ1) is 10.8. The molecule has 0 bridgehead atoms. The lowest BCUT2D eigenvalue weighted by molar-refractivity contribution is -0.137. The first-order chi connectivity index (χ1) is 8.24. The first-order valence-electron chi connectivity index (χ1n) is 6.23. The minimum atomic E-state index is -0.723. The lowest BCUT2D eigenvalue weighted by Crippen LogP contribution is -2.33. The molecular formula is C12H17N3O2. The van der Waals surface area contributed by atoms with Gasteiger partial charge in [-0.2, -0.15) is 0 Å². The molecule has 1 fully saturated rings. The Morgan fingerprint density at radius 1 is 1.53 bits per heavy atom. The van der Waals surface area contributed by atoms with E-state index in [0.717, 1.165) is 25.2 Å². The zero-order chi connectivity index (χ0) is 11.8. The molecule has 0 saturated heterocycles. The van der Waals surface area contributed by atoms with E-state index in [1.54, 1.807) is 0 Å². The van der Waals surface area contributed by atoms with Crippen molar-refractivity contribution in [1.82, 2.24) is 14.5 Å². The van der Waals surface area contributed by atoms with E-state index in [0.29, 0.717) is 12.6 Å². The molecule has 1 saturated carbocycles. The Labute approximate surface area is 100 Å². The van der Waals surface area contributed by atoms with Crippen LogP contribution in [0, 0.1) is 0 Å². The van der Waals surface area contributed by atoms with Gasteiger partial charge in [0.2, 0.25) is 0 Å². The average molecular weight is 235 g/mol. The molecule has 0 unspecified atom stereocenters. The topological polar surface area (TPSA) is 58.4 Å². The van der Waals surface area contributed by atoms with E-state index in [4.69, 9.17) is 5.11 Å². The summed E-state index contributed by atoms with van der Waals surface area (Å²) in [6.07, 6.45) is 5.75. The number of carboxylic acids is 1.